The second-order valence-corrected chi connectivity index (χ2v) is 4.20. The summed E-state index contributed by atoms with van der Waals surface area (Å²) in [5.74, 6) is 0.774. The van der Waals surface area contributed by atoms with Crippen LogP contribution in [0.15, 0.2) is 18.2 Å². The average molecular weight is 207 g/mol. The third-order valence-electron chi connectivity index (χ3n) is 3.16. The zero-order chi connectivity index (χ0) is 10.9. The zero-order valence-electron chi connectivity index (χ0n) is 9.21. The van der Waals surface area contributed by atoms with Gasteiger partial charge in [0.25, 0.3) is 0 Å². The first-order chi connectivity index (χ1) is 7.22. The van der Waals surface area contributed by atoms with Crippen LogP contribution in [-0.4, -0.2) is 25.8 Å². The molecule has 82 valence electrons. The molecule has 0 radical (unpaired) electrons. The largest absolute Gasteiger partial charge is 0.504 e. The number of methoxy groups -OCH3 is 1. The van der Waals surface area contributed by atoms with Gasteiger partial charge in [-0.05, 0) is 37.6 Å². The summed E-state index contributed by atoms with van der Waals surface area (Å²) in [5, 5.41) is 12.7. The Morgan fingerprint density at radius 2 is 2.20 bits per heavy atom. The van der Waals surface area contributed by atoms with Crippen LogP contribution in [0.1, 0.15) is 18.4 Å². The monoisotopic (exact) mass is 207 g/mol. The van der Waals surface area contributed by atoms with Gasteiger partial charge in [0, 0.05) is 12.0 Å². The van der Waals surface area contributed by atoms with E-state index in [1.54, 1.807) is 13.2 Å². The van der Waals surface area contributed by atoms with Gasteiger partial charge in [-0.2, -0.15) is 0 Å². The van der Waals surface area contributed by atoms with Crippen LogP contribution in [0.3, 0.4) is 0 Å². The summed E-state index contributed by atoms with van der Waals surface area (Å²) in [7, 11) is 3.55. The Bertz CT molecular complexity index is 359. The molecule has 1 aliphatic rings. The molecule has 0 aliphatic heterocycles. The lowest BCUT2D eigenvalue weighted by molar-refractivity contribution is 0.372. The topological polar surface area (TPSA) is 41.5 Å². The van der Waals surface area contributed by atoms with Gasteiger partial charge in [-0.3, -0.25) is 0 Å². The lowest BCUT2D eigenvalue weighted by atomic mass is 9.95. The molecule has 1 aromatic carbocycles. The molecule has 1 aliphatic carbocycles. The van der Waals surface area contributed by atoms with Gasteiger partial charge in [0.15, 0.2) is 11.5 Å². The number of rotatable bonds is 4. The number of likely N-dealkylation sites (N-methyl/N-ethyl adjacent to an activating group) is 1. The number of benzene rings is 1. The molecular weight excluding hydrogens is 190 g/mol. The van der Waals surface area contributed by atoms with E-state index in [-0.39, 0.29) is 11.2 Å². The molecule has 0 unspecified atom stereocenters. The Labute approximate surface area is 90.1 Å². The Kier molecular flexibility index (Phi) is 2.57. The highest BCUT2D eigenvalue weighted by Crippen LogP contribution is 2.49. The second-order valence-electron chi connectivity index (χ2n) is 4.20. The summed E-state index contributed by atoms with van der Waals surface area (Å²) in [6, 6.07) is 5.64. The van der Waals surface area contributed by atoms with Crippen LogP contribution >= 0.6 is 0 Å². The van der Waals surface area contributed by atoms with Gasteiger partial charge in [0.05, 0.1) is 7.11 Å². The van der Waals surface area contributed by atoms with Crippen LogP contribution in [0.4, 0.5) is 0 Å². The maximum atomic E-state index is 9.51. The van der Waals surface area contributed by atoms with Crippen molar-refractivity contribution in [3.63, 3.8) is 0 Å². The van der Waals surface area contributed by atoms with Crippen LogP contribution in [0.5, 0.6) is 11.5 Å². The van der Waals surface area contributed by atoms with E-state index in [9.17, 15) is 5.11 Å². The van der Waals surface area contributed by atoms with Crippen molar-refractivity contribution in [2.75, 3.05) is 20.7 Å². The number of nitrogens with one attached hydrogen (secondary N) is 1. The van der Waals surface area contributed by atoms with E-state index in [0.29, 0.717) is 5.75 Å². The van der Waals surface area contributed by atoms with Gasteiger partial charge in [0.2, 0.25) is 0 Å². The Hall–Kier alpha value is -1.22. The van der Waals surface area contributed by atoms with Crippen LogP contribution in [0.2, 0.25) is 0 Å². The van der Waals surface area contributed by atoms with Crippen molar-refractivity contribution in [3.05, 3.63) is 23.8 Å². The number of aromatic hydroxyl groups is 1. The highest BCUT2D eigenvalue weighted by Gasteiger charge is 2.43. The van der Waals surface area contributed by atoms with Crippen molar-refractivity contribution >= 4 is 0 Å². The summed E-state index contributed by atoms with van der Waals surface area (Å²) in [6.45, 7) is 0.987. The third kappa shape index (κ3) is 1.79. The smallest absolute Gasteiger partial charge is 0.160 e. The predicted molar refractivity (Wildman–Crippen MR) is 59.5 cm³/mol. The molecule has 2 N–H and O–H groups in total. The summed E-state index contributed by atoms with van der Waals surface area (Å²) >= 11 is 0. The van der Waals surface area contributed by atoms with Gasteiger partial charge in [-0.25, -0.2) is 0 Å². The molecule has 3 heteroatoms. The van der Waals surface area contributed by atoms with Crippen LogP contribution < -0.4 is 10.1 Å². The van der Waals surface area contributed by atoms with Crippen LogP contribution in [0, 0.1) is 0 Å². The molecule has 0 heterocycles. The van der Waals surface area contributed by atoms with E-state index in [0.717, 1.165) is 6.54 Å². The van der Waals surface area contributed by atoms with Gasteiger partial charge >= 0.3 is 0 Å². The fourth-order valence-corrected chi connectivity index (χ4v) is 2.06. The highest BCUT2D eigenvalue weighted by atomic mass is 16.5. The average Bonchev–Trinajstić information content (AvgIpc) is 3.00. The number of phenolic OH excluding ortho intramolecular Hbond substituents is 1. The minimum absolute atomic E-state index is 0.210. The van der Waals surface area contributed by atoms with Crippen molar-refractivity contribution in [2.24, 2.45) is 0 Å². The standard InChI is InChI=1S/C12H17NO2/c1-13-8-12(5-6-12)9-3-4-10(14)11(7-9)15-2/h3-4,7,13-14H,5-6,8H2,1-2H3. The van der Waals surface area contributed by atoms with Crippen LogP contribution in [0.25, 0.3) is 0 Å². The van der Waals surface area contributed by atoms with Crippen molar-refractivity contribution < 1.29 is 9.84 Å². The molecule has 3 nitrogen and oxygen atoms in total. The molecule has 1 fully saturated rings. The second kappa shape index (κ2) is 3.74. The molecule has 2 rings (SSSR count). The van der Waals surface area contributed by atoms with E-state index in [2.05, 4.69) is 5.32 Å². The van der Waals surface area contributed by atoms with Crippen molar-refractivity contribution in [1.82, 2.24) is 5.32 Å². The van der Waals surface area contributed by atoms with Gasteiger partial charge in [0.1, 0.15) is 0 Å². The highest BCUT2D eigenvalue weighted by molar-refractivity contribution is 5.46. The van der Waals surface area contributed by atoms with Crippen molar-refractivity contribution in [1.29, 1.82) is 0 Å². The van der Waals surface area contributed by atoms with Gasteiger partial charge < -0.3 is 15.2 Å². The van der Waals surface area contributed by atoms with Gasteiger partial charge in [-0.1, -0.05) is 6.07 Å². The molecule has 0 saturated heterocycles. The minimum atomic E-state index is 0.210. The molecular formula is C12H17NO2. The van der Waals surface area contributed by atoms with Crippen molar-refractivity contribution in [3.8, 4) is 11.5 Å². The first-order valence-electron chi connectivity index (χ1n) is 5.24. The van der Waals surface area contributed by atoms with Crippen molar-refractivity contribution in [2.45, 2.75) is 18.3 Å². The van der Waals surface area contributed by atoms with E-state index >= 15 is 0 Å². The number of hydrogen-bond acceptors (Lipinski definition) is 3. The minimum Gasteiger partial charge on any atom is -0.504 e. The van der Waals surface area contributed by atoms with E-state index in [1.807, 2.05) is 19.2 Å². The lowest BCUT2D eigenvalue weighted by Crippen LogP contribution is -2.23. The van der Waals surface area contributed by atoms with E-state index < -0.39 is 0 Å². The molecule has 0 aromatic heterocycles. The third-order valence-corrected chi connectivity index (χ3v) is 3.16. The molecule has 0 bridgehead atoms. The van der Waals surface area contributed by atoms with E-state index in [1.165, 1.54) is 18.4 Å². The maximum absolute atomic E-state index is 9.51. The number of hydrogen-bond donors (Lipinski definition) is 2. The quantitative estimate of drug-likeness (QED) is 0.788. The normalized spacial score (nSPS) is 17.5. The Morgan fingerprint density at radius 1 is 1.47 bits per heavy atom. The fraction of sp³-hybridized carbons (Fsp3) is 0.500. The molecule has 0 spiro atoms. The summed E-state index contributed by atoms with van der Waals surface area (Å²) in [5.41, 5.74) is 1.53. The van der Waals surface area contributed by atoms with Crippen LogP contribution in [-0.2, 0) is 5.41 Å². The maximum Gasteiger partial charge on any atom is 0.160 e. The van der Waals surface area contributed by atoms with Gasteiger partial charge in [-0.15, -0.1) is 0 Å². The summed E-state index contributed by atoms with van der Waals surface area (Å²) in [4.78, 5) is 0. The molecule has 1 saturated carbocycles. The Morgan fingerprint density at radius 3 is 2.73 bits per heavy atom. The van der Waals surface area contributed by atoms with E-state index in [4.69, 9.17) is 4.74 Å². The molecule has 0 atom stereocenters. The lowest BCUT2D eigenvalue weighted by Gasteiger charge is -2.16. The summed E-state index contributed by atoms with van der Waals surface area (Å²) in [6.07, 6.45) is 2.42. The Balaban J connectivity index is 2.29. The fourth-order valence-electron chi connectivity index (χ4n) is 2.06. The SMILES string of the molecule is CNCC1(c2ccc(O)c(OC)c2)CC1. The number of phenols is 1. The molecule has 15 heavy (non-hydrogen) atoms. The zero-order valence-corrected chi connectivity index (χ0v) is 9.21. The predicted octanol–water partition coefficient (Wildman–Crippen LogP) is 1.65. The summed E-state index contributed by atoms with van der Waals surface area (Å²) < 4.78 is 5.12. The molecule has 1 aromatic rings. The first kappa shape index (κ1) is 10.3. The number of ether oxygens (including phenoxy) is 1. The molecule has 0 amide bonds. The first-order valence-corrected chi connectivity index (χ1v) is 5.24.